The molecule has 22 nitrogen and oxygen atoms in total. The Labute approximate surface area is 684 Å². The van der Waals surface area contributed by atoms with Crippen molar-refractivity contribution >= 4 is 64.0 Å². The topological polar surface area (TPSA) is 234 Å². The van der Waals surface area contributed by atoms with Crippen LogP contribution >= 0.6 is 34.8 Å². The van der Waals surface area contributed by atoms with E-state index in [1.54, 1.807) is 31.0 Å². The summed E-state index contributed by atoms with van der Waals surface area (Å²) in [6, 6.07) is 27.2. The fraction of sp³-hybridized carbons (Fsp3) is 0.353. The molecule has 0 unspecified atom stereocenters. The van der Waals surface area contributed by atoms with Gasteiger partial charge in [-0.25, -0.2) is 24.9 Å². The van der Waals surface area contributed by atoms with Crippen LogP contribution in [0.15, 0.2) is 178 Å². The Bertz CT molecular complexity index is 5240. The Morgan fingerprint density at radius 1 is 0.509 bits per heavy atom. The van der Waals surface area contributed by atoms with Gasteiger partial charge >= 0.3 is 12.4 Å². The monoisotopic (exact) mass is 1640 g/mol. The van der Waals surface area contributed by atoms with E-state index in [-0.39, 0.29) is 25.6 Å². The molecule has 116 heavy (non-hydrogen) atoms. The normalized spacial score (nSPS) is 14.1. The molecule has 606 valence electrons. The smallest absolute Gasteiger partial charge is 0.395 e. The van der Waals surface area contributed by atoms with Gasteiger partial charge in [-0.3, -0.25) is 29.8 Å². The number of alkyl halides is 6. The minimum Gasteiger partial charge on any atom is -0.395 e. The van der Waals surface area contributed by atoms with Crippen LogP contribution < -0.4 is 30.2 Å². The zero-order valence-electron chi connectivity index (χ0n) is 64.5. The van der Waals surface area contributed by atoms with E-state index in [9.17, 15) is 31.1 Å². The molecule has 13 heterocycles. The van der Waals surface area contributed by atoms with Crippen molar-refractivity contribution in [2.75, 3.05) is 65.5 Å². The first-order chi connectivity index (χ1) is 56.1. The summed E-state index contributed by atoms with van der Waals surface area (Å²) in [5.74, 6) is 3.02. The number of nitrogens with zero attached hydrogens (tertiary/aromatic N) is 17. The fourth-order valence-corrected chi connectivity index (χ4v) is 14.8. The predicted octanol–water partition coefficient (Wildman–Crippen LogP) is 16.1. The van der Waals surface area contributed by atoms with Crippen LogP contribution in [0.3, 0.4) is 0 Å². The number of nitrogens with one attached hydrogen (secondary N) is 3. The van der Waals surface area contributed by atoms with Crippen molar-refractivity contribution in [1.82, 2.24) is 79.4 Å². The largest absolute Gasteiger partial charge is 0.416 e. The lowest BCUT2D eigenvalue weighted by molar-refractivity contribution is -0.138. The number of H-pyrrole nitrogens is 1. The summed E-state index contributed by atoms with van der Waals surface area (Å²) >= 11 is 18.8. The molecule has 0 aliphatic carbocycles. The zero-order valence-corrected chi connectivity index (χ0v) is 66.8. The highest BCUT2D eigenvalue weighted by Gasteiger charge is 2.34. The number of carbonyl (C=O) groups excluding carboxylic acids is 1. The maximum absolute atomic E-state index is 13.2. The van der Waals surface area contributed by atoms with Crippen LogP contribution in [-0.4, -0.2) is 126 Å². The number of carbonyl (C=O) groups is 1. The van der Waals surface area contributed by atoms with Gasteiger partial charge in [0.25, 0.3) is 5.91 Å². The van der Waals surface area contributed by atoms with Crippen molar-refractivity contribution in [3.05, 3.63) is 271 Å². The van der Waals surface area contributed by atoms with Crippen LogP contribution in [0, 0.1) is 0 Å². The summed E-state index contributed by atoms with van der Waals surface area (Å²) in [5.41, 5.74) is 12.5. The number of hydrogen-bond donors (Lipinski definition) is 4. The van der Waals surface area contributed by atoms with Crippen LogP contribution in [0.4, 0.5) is 49.6 Å². The van der Waals surface area contributed by atoms with E-state index in [0.717, 1.165) is 219 Å². The van der Waals surface area contributed by atoms with Crippen molar-refractivity contribution < 1.29 is 36.2 Å². The van der Waals surface area contributed by atoms with Crippen molar-refractivity contribution in [2.45, 2.75) is 135 Å². The van der Waals surface area contributed by atoms with Gasteiger partial charge in [-0.2, -0.15) is 31.4 Å². The molecular formula is C85H91Cl3F6N20O2. The average Bonchev–Trinajstić information content (AvgIpc) is 1.09. The molecule has 16 rings (SSSR count). The Balaban J connectivity index is 0.000000135. The summed E-state index contributed by atoms with van der Waals surface area (Å²) in [4.78, 5) is 62.8. The van der Waals surface area contributed by atoms with Crippen LogP contribution in [0.1, 0.15) is 128 Å². The molecule has 0 atom stereocenters. The second-order valence-corrected chi connectivity index (χ2v) is 30.2. The maximum atomic E-state index is 13.2. The zero-order chi connectivity index (χ0) is 81.1. The number of aromatic nitrogens is 14. The fourth-order valence-electron chi connectivity index (χ4n) is 14.3. The Hall–Kier alpha value is -10.8. The number of rotatable bonds is 21. The first-order valence-corrected chi connectivity index (χ1v) is 40.0. The molecule has 9 aromatic heterocycles. The molecule has 4 aliphatic rings. The van der Waals surface area contributed by atoms with E-state index in [1.165, 1.54) is 23.3 Å². The molecule has 0 saturated heterocycles. The number of aryl methyl sites for hydroxylation is 6. The van der Waals surface area contributed by atoms with E-state index < -0.39 is 23.5 Å². The standard InChI is InChI=1S/C24H27ClF3N5.C21H20ClF3N4.C20H22ClN5O.C20H22N6O/c1-32-11-8-17(15-32)7-9-29-13-20-14-30-22-4-2-3-10-33(23(22)31-20)16-18-12-19(24(26,27)28)5-6-21(18)25;1-28-9-7-14(12-28)19-11-26-18-4-2-3-8-29(20(18)27-19)13-15-10-16(21(23,24)25)5-6-17(15)22;21-19-16(4-3-7-22-19)14-26-8-2-1-5-17-20(26)24-18(12-23-17)15-6-9-25(13-15)10-11-27;27-20(21-9-8-16-11-23-24-12-16)18-13-22-17-7-4-10-26(19(17)25-18)14-15-5-2-1-3-6-15/h5-6,8,11-12,14-15,29H,2-4,7,9-10,13,16H2,1H3;5-7,9-12H,2-4,8,13H2,1H3;3-4,6-7,9,12-13,27H,1-2,5,8,10-11,14H2;1-3,5-6,11-13H,4,7-10,14H2,(H,21,27)(H,23,24). The number of fused-ring (bicyclic) bond motifs is 4. The van der Waals surface area contributed by atoms with E-state index in [4.69, 9.17) is 59.8 Å². The summed E-state index contributed by atoms with van der Waals surface area (Å²) in [5, 5.41) is 23.3. The highest BCUT2D eigenvalue weighted by Crippen LogP contribution is 2.38. The van der Waals surface area contributed by atoms with Gasteiger partial charge < -0.3 is 49.0 Å². The van der Waals surface area contributed by atoms with E-state index in [1.807, 2.05) is 123 Å². The van der Waals surface area contributed by atoms with Crippen molar-refractivity contribution in [2.24, 2.45) is 14.1 Å². The number of pyridine rings is 1. The minimum absolute atomic E-state index is 0.115. The van der Waals surface area contributed by atoms with Gasteiger partial charge in [0.15, 0.2) is 23.3 Å². The molecule has 0 bridgehead atoms. The van der Waals surface area contributed by atoms with Crippen molar-refractivity contribution in [3.63, 3.8) is 0 Å². The summed E-state index contributed by atoms with van der Waals surface area (Å²) in [6.45, 7) is 7.78. The van der Waals surface area contributed by atoms with E-state index >= 15 is 0 Å². The molecule has 0 saturated carbocycles. The van der Waals surface area contributed by atoms with Gasteiger partial charge in [0, 0.05) is 162 Å². The quantitative estimate of drug-likeness (QED) is 0.0297. The highest BCUT2D eigenvalue weighted by molar-refractivity contribution is 6.31. The van der Waals surface area contributed by atoms with Gasteiger partial charge in [0.2, 0.25) is 0 Å². The third kappa shape index (κ3) is 22.4. The van der Waals surface area contributed by atoms with Gasteiger partial charge in [-0.1, -0.05) is 71.2 Å². The summed E-state index contributed by atoms with van der Waals surface area (Å²) in [7, 11) is 3.93. The molecule has 12 aromatic rings. The summed E-state index contributed by atoms with van der Waals surface area (Å²) < 4.78 is 85.0. The van der Waals surface area contributed by atoms with Gasteiger partial charge in [0.05, 0.1) is 88.6 Å². The third-order valence-corrected chi connectivity index (χ3v) is 21.4. The average molecular weight is 1650 g/mol. The third-order valence-electron chi connectivity index (χ3n) is 20.4. The Kier molecular flexibility index (Phi) is 28.1. The molecule has 0 radical (unpaired) electrons. The number of halogens is 9. The molecule has 31 heteroatoms. The number of hydrogen-bond acceptors (Lipinski definition) is 17. The Morgan fingerprint density at radius 2 is 1.04 bits per heavy atom. The number of anilines is 4. The minimum atomic E-state index is -4.41. The number of amides is 1. The second-order valence-electron chi connectivity index (χ2n) is 29.1. The molecule has 1 amide bonds. The van der Waals surface area contributed by atoms with Crippen LogP contribution in [-0.2, 0) is 104 Å². The van der Waals surface area contributed by atoms with Crippen molar-refractivity contribution in [1.29, 1.82) is 0 Å². The van der Waals surface area contributed by atoms with Crippen LogP contribution in [0.2, 0.25) is 15.2 Å². The SMILES string of the molecule is Cn1ccc(-c2cnc3c(n2)N(Cc2cc(C(F)(F)F)ccc2Cl)CCCC3)c1.Cn1ccc(CCNCc2cnc3c(n2)N(Cc2cc(C(F)(F)F)ccc2Cl)CCCC3)c1.O=C(NCCc1cn[nH]c1)c1cnc2c(n1)N(Cc1ccccc1)CCC2.OCCn1ccc(-c2cnc3c(n2)N(Cc2cccnc2Cl)CCCC3)c1. The molecule has 4 N–H and O–H groups in total. The molecular weight excluding hydrogens is 1550 g/mol. The molecule has 4 aliphatic heterocycles. The molecule has 0 fully saturated rings. The highest BCUT2D eigenvalue weighted by atomic mass is 35.5. The number of aromatic amines is 1. The lowest BCUT2D eigenvalue weighted by Gasteiger charge is -2.29. The first-order valence-electron chi connectivity index (χ1n) is 38.9. The molecule has 0 spiro atoms. The lowest BCUT2D eigenvalue weighted by Crippen LogP contribution is -2.32. The molecule has 3 aromatic carbocycles. The van der Waals surface area contributed by atoms with Gasteiger partial charge in [0.1, 0.15) is 10.8 Å². The number of aliphatic hydroxyl groups excluding tert-OH is 1. The maximum Gasteiger partial charge on any atom is 0.416 e. The van der Waals surface area contributed by atoms with Gasteiger partial charge in [-0.15, -0.1) is 0 Å². The van der Waals surface area contributed by atoms with E-state index in [0.29, 0.717) is 71.3 Å². The second kappa shape index (κ2) is 39.2. The van der Waals surface area contributed by atoms with E-state index in [2.05, 4.69) is 79.9 Å². The van der Waals surface area contributed by atoms with Crippen LogP contribution in [0.25, 0.3) is 22.5 Å². The Morgan fingerprint density at radius 3 is 1.61 bits per heavy atom. The first kappa shape index (κ1) is 83.2. The predicted molar refractivity (Wildman–Crippen MR) is 438 cm³/mol. The lowest BCUT2D eigenvalue weighted by atomic mass is 10.1. The summed E-state index contributed by atoms with van der Waals surface area (Å²) in [6.07, 6.45) is 27.5. The van der Waals surface area contributed by atoms with Crippen molar-refractivity contribution in [3.8, 4) is 22.5 Å². The van der Waals surface area contributed by atoms with Crippen LogP contribution in [0.5, 0.6) is 0 Å². The van der Waals surface area contributed by atoms with Gasteiger partial charge in [-0.05, 0) is 178 Å². The number of aliphatic hydroxyl groups is 1. The number of benzene rings is 3.